The predicted molar refractivity (Wildman–Crippen MR) is 116 cm³/mol. The Labute approximate surface area is 180 Å². The van der Waals surface area contributed by atoms with E-state index in [9.17, 15) is 14.4 Å². The number of carbonyl (C=O) groups is 3. The third-order valence-electron chi connectivity index (χ3n) is 5.72. The van der Waals surface area contributed by atoms with Crippen molar-refractivity contribution in [3.63, 3.8) is 0 Å². The monoisotopic (exact) mass is 425 g/mol. The molecule has 3 amide bonds. The van der Waals surface area contributed by atoms with Crippen LogP contribution < -0.4 is 10.6 Å². The van der Waals surface area contributed by atoms with Gasteiger partial charge in [-0.3, -0.25) is 14.4 Å². The number of amides is 3. The minimum atomic E-state index is -0.578. The highest BCUT2D eigenvalue weighted by molar-refractivity contribution is 7.12. The summed E-state index contributed by atoms with van der Waals surface area (Å²) >= 11 is 1.44. The Bertz CT molecular complexity index is 872. The lowest BCUT2D eigenvalue weighted by Gasteiger charge is -2.32. The van der Waals surface area contributed by atoms with Crippen LogP contribution in [0, 0.1) is 5.92 Å². The van der Waals surface area contributed by atoms with Gasteiger partial charge in [-0.1, -0.05) is 36.4 Å². The minimum Gasteiger partial charge on any atom is -0.352 e. The normalized spacial score (nSPS) is 17.9. The molecular formula is C23H27N3O3S. The van der Waals surface area contributed by atoms with Crippen LogP contribution in [0.3, 0.4) is 0 Å². The zero-order valence-electron chi connectivity index (χ0n) is 16.9. The molecule has 0 radical (unpaired) electrons. The lowest BCUT2D eigenvalue weighted by Crippen LogP contribution is -2.51. The average molecular weight is 426 g/mol. The molecule has 2 N–H and O–H groups in total. The zero-order chi connectivity index (χ0) is 20.9. The second kappa shape index (κ2) is 9.43. The molecule has 1 aromatic heterocycles. The molecule has 6 nitrogen and oxygen atoms in total. The van der Waals surface area contributed by atoms with Crippen molar-refractivity contribution in [2.45, 2.75) is 44.2 Å². The molecule has 1 saturated heterocycles. The quantitative estimate of drug-likeness (QED) is 0.716. The van der Waals surface area contributed by atoms with Crippen LogP contribution in [-0.2, 0) is 16.0 Å². The van der Waals surface area contributed by atoms with Gasteiger partial charge in [0.15, 0.2) is 0 Å². The van der Waals surface area contributed by atoms with Crippen LogP contribution in [0.15, 0.2) is 47.8 Å². The molecule has 2 aliphatic rings. The molecular weight excluding hydrogens is 398 g/mol. The van der Waals surface area contributed by atoms with Crippen LogP contribution in [0.4, 0.5) is 0 Å². The Morgan fingerprint density at radius 3 is 2.37 bits per heavy atom. The minimum absolute atomic E-state index is 0.0367. The van der Waals surface area contributed by atoms with Gasteiger partial charge >= 0.3 is 0 Å². The summed E-state index contributed by atoms with van der Waals surface area (Å²) in [6.45, 7) is 1.12. The van der Waals surface area contributed by atoms with E-state index in [-0.39, 0.29) is 29.7 Å². The number of nitrogens with zero attached hydrogens (tertiary/aromatic N) is 1. The fraction of sp³-hybridized carbons (Fsp3) is 0.435. The molecule has 2 aromatic rings. The van der Waals surface area contributed by atoms with E-state index in [0.29, 0.717) is 32.4 Å². The molecule has 0 bridgehead atoms. The molecule has 2 heterocycles. The molecule has 4 rings (SSSR count). The van der Waals surface area contributed by atoms with Gasteiger partial charge in [0.05, 0.1) is 4.88 Å². The maximum Gasteiger partial charge on any atom is 0.263 e. The lowest BCUT2D eigenvalue weighted by molar-refractivity contribution is -0.132. The van der Waals surface area contributed by atoms with Gasteiger partial charge in [0.25, 0.3) is 5.91 Å². The van der Waals surface area contributed by atoms with Crippen molar-refractivity contribution in [3.05, 3.63) is 58.3 Å². The molecule has 1 aliphatic heterocycles. The summed E-state index contributed by atoms with van der Waals surface area (Å²) in [5.74, 6) is -0.343. The molecule has 1 aliphatic carbocycles. The summed E-state index contributed by atoms with van der Waals surface area (Å²) in [6.07, 6.45) is 3.72. The predicted octanol–water partition coefficient (Wildman–Crippen LogP) is 2.61. The largest absolute Gasteiger partial charge is 0.352 e. The molecule has 158 valence electrons. The van der Waals surface area contributed by atoms with Gasteiger partial charge in [0.2, 0.25) is 11.8 Å². The standard InChI is InChI=1S/C23H27N3O3S/c27-21(17-10-12-26(13-11-17)23(29)20-7-4-14-30-20)25-19(22(28)24-18-8-9-18)15-16-5-2-1-3-6-16/h1-7,14,17-19H,8-13,15H2,(H,24,28)(H,25,27). The van der Waals surface area contributed by atoms with Crippen molar-refractivity contribution in [1.29, 1.82) is 0 Å². The Hall–Kier alpha value is -2.67. The van der Waals surface area contributed by atoms with E-state index >= 15 is 0 Å². The van der Waals surface area contributed by atoms with E-state index in [0.717, 1.165) is 23.3 Å². The molecule has 30 heavy (non-hydrogen) atoms. The molecule has 1 aromatic carbocycles. The van der Waals surface area contributed by atoms with E-state index in [1.807, 2.05) is 52.7 Å². The van der Waals surface area contributed by atoms with Crippen LogP contribution in [0.1, 0.15) is 40.9 Å². The Kier molecular flexibility index (Phi) is 6.47. The van der Waals surface area contributed by atoms with Crippen molar-refractivity contribution in [3.8, 4) is 0 Å². The molecule has 7 heteroatoms. The first-order chi connectivity index (χ1) is 14.6. The van der Waals surface area contributed by atoms with E-state index in [2.05, 4.69) is 10.6 Å². The van der Waals surface area contributed by atoms with E-state index in [1.54, 1.807) is 0 Å². The van der Waals surface area contributed by atoms with Crippen molar-refractivity contribution in [1.82, 2.24) is 15.5 Å². The summed E-state index contributed by atoms with van der Waals surface area (Å²) in [5, 5.41) is 7.90. The maximum absolute atomic E-state index is 12.9. The Morgan fingerprint density at radius 2 is 1.73 bits per heavy atom. The molecule has 1 atom stereocenters. The molecule has 0 spiro atoms. The summed E-state index contributed by atoms with van der Waals surface area (Å²) in [7, 11) is 0. The van der Waals surface area contributed by atoms with Crippen molar-refractivity contribution in [2.75, 3.05) is 13.1 Å². The second-order valence-electron chi connectivity index (χ2n) is 8.08. The third kappa shape index (κ3) is 5.27. The summed E-state index contributed by atoms with van der Waals surface area (Å²) in [4.78, 5) is 40.7. The Morgan fingerprint density at radius 1 is 1.00 bits per heavy atom. The molecule has 1 saturated carbocycles. The highest BCUT2D eigenvalue weighted by Crippen LogP contribution is 2.22. The summed E-state index contributed by atoms with van der Waals surface area (Å²) in [5.41, 5.74) is 1.02. The van der Waals surface area contributed by atoms with Crippen LogP contribution in [0.2, 0.25) is 0 Å². The van der Waals surface area contributed by atoms with Gasteiger partial charge in [0, 0.05) is 31.5 Å². The van der Waals surface area contributed by atoms with Gasteiger partial charge in [-0.15, -0.1) is 11.3 Å². The average Bonchev–Trinajstić information content (AvgIpc) is 3.41. The number of rotatable bonds is 7. The van der Waals surface area contributed by atoms with Crippen LogP contribution in [0.5, 0.6) is 0 Å². The van der Waals surface area contributed by atoms with Gasteiger partial charge in [-0.25, -0.2) is 0 Å². The van der Waals surface area contributed by atoms with Crippen LogP contribution in [0.25, 0.3) is 0 Å². The number of carbonyl (C=O) groups excluding carboxylic acids is 3. The first kappa shape index (κ1) is 20.6. The number of piperidine rings is 1. The van der Waals surface area contributed by atoms with E-state index in [1.165, 1.54) is 11.3 Å². The van der Waals surface area contributed by atoms with Crippen LogP contribution in [-0.4, -0.2) is 47.8 Å². The van der Waals surface area contributed by atoms with Gasteiger partial charge in [-0.2, -0.15) is 0 Å². The molecule has 2 fully saturated rings. The van der Waals surface area contributed by atoms with Crippen molar-refractivity contribution in [2.24, 2.45) is 5.92 Å². The smallest absolute Gasteiger partial charge is 0.263 e. The first-order valence-electron chi connectivity index (χ1n) is 10.6. The fourth-order valence-corrected chi connectivity index (χ4v) is 4.47. The van der Waals surface area contributed by atoms with E-state index in [4.69, 9.17) is 0 Å². The number of benzene rings is 1. The Balaban J connectivity index is 1.34. The maximum atomic E-state index is 12.9. The number of hydrogen-bond acceptors (Lipinski definition) is 4. The highest BCUT2D eigenvalue weighted by Gasteiger charge is 2.32. The lowest BCUT2D eigenvalue weighted by atomic mass is 9.94. The summed E-state index contributed by atoms with van der Waals surface area (Å²) < 4.78 is 0. The van der Waals surface area contributed by atoms with Gasteiger partial charge < -0.3 is 15.5 Å². The first-order valence-corrected chi connectivity index (χ1v) is 11.5. The fourth-order valence-electron chi connectivity index (χ4n) is 3.78. The van der Waals surface area contributed by atoms with Crippen LogP contribution >= 0.6 is 11.3 Å². The number of nitrogens with one attached hydrogen (secondary N) is 2. The second-order valence-corrected chi connectivity index (χ2v) is 9.03. The van der Waals surface area contributed by atoms with Crippen molar-refractivity contribution < 1.29 is 14.4 Å². The van der Waals surface area contributed by atoms with E-state index < -0.39 is 6.04 Å². The topological polar surface area (TPSA) is 78.5 Å². The highest BCUT2D eigenvalue weighted by atomic mass is 32.1. The number of thiophene rings is 1. The summed E-state index contributed by atoms with van der Waals surface area (Å²) in [6, 6.07) is 13.1. The number of hydrogen-bond donors (Lipinski definition) is 2. The number of likely N-dealkylation sites (tertiary alicyclic amines) is 1. The zero-order valence-corrected chi connectivity index (χ0v) is 17.7. The van der Waals surface area contributed by atoms with Crippen molar-refractivity contribution >= 4 is 29.1 Å². The third-order valence-corrected chi connectivity index (χ3v) is 6.58. The van der Waals surface area contributed by atoms with Gasteiger partial charge in [-0.05, 0) is 42.7 Å². The SMILES string of the molecule is O=C(NC(Cc1ccccc1)C(=O)NC1CC1)C1CCN(C(=O)c2cccs2)CC1. The molecule has 1 unspecified atom stereocenters. The van der Waals surface area contributed by atoms with Gasteiger partial charge in [0.1, 0.15) is 6.04 Å².